The topological polar surface area (TPSA) is 70.4 Å². The number of halogens is 1. The smallest absolute Gasteiger partial charge is 0.243 e. The number of sulfonamides is 1. The second-order valence-corrected chi connectivity index (χ2v) is 5.70. The maximum Gasteiger partial charge on any atom is 0.243 e. The number of hydrogen-bond donors (Lipinski definition) is 0. The van der Waals surface area contributed by atoms with Crippen molar-refractivity contribution in [3.63, 3.8) is 0 Å². The molecule has 0 aliphatic heterocycles. The molecular formula is C12H15FN2O3S. The number of benzene rings is 1. The van der Waals surface area contributed by atoms with Crippen LogP contribution in [0, 0.1) is 17.1 Å². The molecule has 0 bridgehead atoms. The van der Waals surface area contributed by atoms with Gasteiger partial charge in [-0.15, -0.1) is 0 Å². The average Bonchev–Trinajstić information content (AvgIpc) is 2.39. The highest BCUT2D eigenvalue weighted by molar-refractivity contribution is 7.89. The van der Waals surface area contributed by atoms with Crippen LogP contribution in [0.25, 0.3) is 0 Å². The van der Waals surface area contributed by atoms with Gasteiger partial charge < -0.3 is 4.74 Å². The van der Waals surface area contributed by atoms with Crippen molar-refractivity contribution in [2.75, 3.05) is 26.8 Å². The van der Waals surface area contributed by atoms with Crippen molar-refractivity contribution < 1.29 is 17.5 Å². The summed E-state index contributed by atoms with van der Waals surface area (Å²) in [4.78, 5) is 0.00272. The molecule has 0 saturated heterocycles. The Hall–Kier alpha value is -1.49. The van der Waals surface area contributed by atoms with Crippen LogP contribution in [-0.4, -0.2) is 39.5 Å². The highest BCUT2D eigenvalue weighted by Crippen LogP contribution is 2.16. The van der Waals surface area contributed by atoms with Gasteiger partial charge in [0.15, 0.2) is 0 Å². The lowest BCUT2D eigenvalue weighted by Gasteiger charge is -2.20. The predicted octanol–water partition coefficient (Wildman–Crippen LogP) is 1.38. The third-order valence-electron chi connectivity index (χ3n) is 2.47. The largest absolute Gasteiger partial charge is 0.383 e. The van der Waals surface area contributed by atoms with E-state index >= 15 is 0 Å². The molecule has 0 radical (unpaired) electrons. The summed E-state index contributed by atoms with van der Waals surface area (Å²) in [5.41, 5.74) is 0. The van der Waals surface area contributed by atoms with Crippen LogP contribution >= 0.6 is 0 Å². The van der Waals surface area contributed by atoms with E-state index in [0.717, 1.165) is 16.4 Å². The zero-order chi connectivity index (χ0) is 14.3. The molecule has 0 N–H and O–H groups in total. The van der Waals surface area contributed by atoms with Crippen LogP contribution in [0.5, 0.6) is 0 Å². The van der Waals surface area contributed by atoms with Gasteiger partial charge in [0.2, 0.25) is 10.0 Å². The first-order valence-electron chi connectivity index (χ1n) is 5.64. The van der Waals surface area contributed by atoms with Crippen molar-refractivity contribution in [3.8, 4) is 6.07 Å². The molecule has 0 spiro atoms. The van der Waals surface area contributed by atoms with Crippen LogP contribution < -0.4 is 0 Å². The van der Waals surface area contributed by atoms with Crippen LogP contribution in [0.1, 0.15) is 6.42 Å². The van der Waals surface area contributed by atoms with Gasteiger partial charge >= 0.3 is 0 Å². The Balaban J connectivity index is 2.97. The first kappa shape index (κ1) is 15.6. The van der Waals surface area contributed by atoms with Gasteiger partial charge in [0.25, 0.3) is 0 Å². The van der Waals surface area contributed by atoms with Gasteiger partial charge in [-0.3, -0.25) is 0 Å². The van der Waals surface area contributed by atoms with Gasteiger partial charge in [-0.2, -0.15) is 9.57 Å². The molecule has 1 aromatic rings. The van der Waals surface area contributed by atoms with E-state index < -0.39 is 15.8 Å². The molecule has 0 heterocycles. The van der Waals surface area contributed by atoms with Crippen LogP contribution in [-0.2, 0) is 14.8 Å². The molecule has 5 nitrogen and oxygen atoms in total. The minimum atomic E-state index is -3.73. The van der Waals surface area contributed by atoms with Crippen molar-refractivity contribution in [2.45, 2.75) is 11.3 Å². The van der Waals surface area contributed by atoms with Crippen molar-refractivity contribution >= 4 is 10.0 Å². The minimum absolute atomic E-state index is 0.00272. The summed E-state index contributed by atoms with van der Waals surface area (Å²) in [5, 5.41) is 8.56. The van der Waals surface area contributed by atoms with E-state index in [2.05, 4.69) is 0 Å². The van der Waals surface area contributed by atoms with Crippen molar-refractivity contribution in [3.05, 3.63) is 30.1 Å². The summed E-state index contributed by atoms with van der Waals surface area (Å²) in [7, 11) is -2.26. The minimum Gasteiger partial charge on any atom is -0.383 e. The lowest BCUT2D eigenvalue weighted by Crippen LogP contribution is -2.34. The van der Waals surface area contributed by atoms with E-state index in [1.807, 2.05) is 6.07 Å². The molecule has 0 aliphatic rings. The number of nitriles is 1. The number of ether oxygens (including phenoxy) is 1. The summed E-state index contributed by atoms with van der Waals surface area (Å²) in [6.07, 6.45) is 0.0874. The number of hydrogen-bond acceptors (Lipinski definition) is 4. The quantitative estimate of drug-likeness (QED) is 0.759. The molecular weight excluding hydrogens is 271 g/mol. The van der Waals surface area contributed by atoms with Gasteiger partial charge in [0, 0.05) is 26.6 Å². The van der Waals surface area contributed by atoms with E-state index in [4.69, 9.17) is 10.00 Å². The van der Waals surface area contributed by atoms with Crippen LogP contribution in [0.3, 0.4) is 0 Å². The normalized spacial score (nSPS) is 11.5. The molecule has 1 rings (SSSR count). The second-order valence-electron chi connectivity index (χ2n) is 3.76. The summed E-state index contributed by atoms with van der Waals surface area (Å²) in [5.74, 6) is -0.501. The third kappa shape index (κ3) is 4.28. The first-order valence-corrected chi connectivity index (χ1v) is 7.08. The molecule has 0 unspecified atom stereocenters. The Labute approximate surface area is 112 Å². The van der Waals surface area contributed by atoms with E-state index in [-0.39, 0.29) is 31.0 Å². The zero-order valence-corrected chi connectivity index (χ0v) is 11.4. The summed E-state index contributed by atoms with van der Waals surface area (Å²) >= 11 is 0. The maximum absolute atomic E-state index is 12.8. The van der Waals surface area contributed by atoms with Crippen LogP contribution in [0.2, 0.25) is 0 Å². The van der Waals surface area contributed by atoms with E-state index in [1.54, 1.807) is 0 Å². The predicted molar refractivity (Wildman–Crippen MR) is 67.3 cm³/mol. The standard InChI is InChI=1S/C12H15FN2O3S/c1-18-10-9-15(8-2-7-14)19(16,17)12-5-3-11(13)4-6-12/h3-6H,2,8-10H2,1H3. The molecule has 0 atom stereocenters. The molecule has 104 valence electrons. The lowest BCUT2D eigenvalue weighted by atomic mass is 10.4. The van der Waals surface area contributed by atoms with Crippen LogP contribution in [0.4, 0.5) is 4.39 Å². The van der Waals surface area contributed by atoms with Crippen molar-refractivity contribution in [2.24, 2.45) is 0 Å². The summed E-state index contributed by atoms with van der Waals surface area (Å²) in [6.45, 7) is 0.462. The molecule has 0 fully saturated rings. The Morgan fingerprint density at radius 3 is 2.47 bits per heavy atom. The fourth-order valence-electron chi connectivity index (χ4n) is 1.48. The fourth-order valence-corrected chi connectivity index (χ4v) is 2.90. The Kier molecular flexibility index (Phi) is 5.89. The second kappa shape index (κ2) is 7.19. The fraction of sp³-hybridized carbons (Fsp3) is 0.417. The third-order valence-corrected chi connectivity index (χ3v) is 4.38. The molecule has 0 aromatic heterocycles. The molecule has 0 saturated carbocycles. The molecule has 19 heavy (non-hydrogen) atoms. The number of rotatable bonds is 7. The van der Waals surface area contributed by atoms with Gasteiger partial charge in [0.05, 0.1) is 17.6 Å². The van der Waals surface area contributed by atoms with Crippen molar-refractivity contribution in [1.82, 2.24) is 4.31 Å². The molecule has 1 aromatic carbocycles. The highest BCUT2D eigenvalue weighted by Gasteiger charge is 2.23. The van der Waals surface area contributed by atoms with Gasteiger partial charge in [-0.1, -0.05) is 0 Å². The van der Waals surface area contributed by atoms with Crippen molar-refractivity contribution in [1.29, 1.82) is 5.26 Å². The SMILES string of the molecule is COCCN(CCC#N)S(=O)(=O)c1ccc(F)cc1. The lowest BCUT2D eigenvalue weighted by molar-refractivity contribution is 0.179. The molecule has 7 heteroatoms. The van der Waals surface area contributed by atoms with Crippen LogP contribution in [0.15, 0.2) is 29.2 Å². The molecule has 0 amide bonds. The van der Waals surface area contributed by atoms with Gasteiger partial charge in [0.1, 0.15) is 5.82 Å². The van der Waals surface area contributed by atoms with E-state index in [0.29, 0.717) is 0 Å². The molecule has 0 aliphatic carbocycles. The highest BCUT2D eigenvalue weighted by atomic mass is 32.2. The van der Waals surface area contributed by atoms with Gasteiger partial charge in [-0.05, 0) is 24.3 Å². The summed E-state index contributed by atoms with van der Waals surface area (Å²) in [6, 6.07) is 6.49. The van der Waals surface area contributed by atoms with Gasteiger partial charge in [-0.25, -0.2) is 12.8 Å². The number of methoxy groups -OCH3 is 1. The average molecular weight is 286 g/mol. The Morgan fingerprint density at radius 2 is 1.95 bits per heavy atom. The van der Waals surface area contributed by atoms with E-state index in [1.165, 1.54) is 19.2 Å². The Bertz CT molecular complexity index is 537. The number of nitrogens with zero attached hydrogens (tertiary/aromatic N) is 2. The Morgan fingerprint density at radius 1 is 1.32 bits per heavy atom. The van der Waals surface area contributed by atoms with E-state index in [9.17, 15) is 12.8 Å². The maximum atomic E-state index is 12.8. The zero-order valence-electron chi connectivity index (χ0n) is 10.5. The monoisotopic (exact) mass is 286 g/mol. The summed E-state index contributed by atoms with van der Waals surface area (Å²) < 4.78 is 43.4. The first-order chi connectivity index (χ1) is 9.02.